The number of aromatic amines is 1. The van der Waals surface area contributed by atoms with Gasteiger partial charge in [0.15, 0.2) is 0 Å². The molecule has 0 aliphatic rings. The molecule has 0 aliphatic heterocycles. The van der Waals surface area contributed by atoms with Crippen molar-refractivity contribution in [2.75, 3.05) is 0 Å². The predicted molar refractivity (Wildman–Crippen MR) is 69.7 cm³/mol. The normalized spacial score (nSPS) is 11.2. The van der Waals surface area contributed by atoms with Gasteiger partial charge in [-0.2, -0.15) is 5.10 Å². The monoisotopic (exact) mass is 250 g/mol. The Morgan fingerprint density at radius 1 is 1.28 bits per heavy atom. The summed E-state index contributed by atoms with van der Waals surface area (Å²) in [5.74, 6) is 0. The van der Waals surface area contributed by atoms with E-state index < -0.39 is 0 Å². The van der Waals surface area contributed by atoms with E-state index in [0.29, 0.717) is 17.6 Å². The first-order valence-corrected chi connectivity index (χ1v) is 6.29. The quantitative estimate of drug-likeness (QED) is 0.805. The van der Waals surface area contributed by atoms with Crippen LogP contribution in [0.1, 0.15) is 32.6 Å². The minimum Gasteiger partial charge on any atom is -0.281 e. The maximum atomic E-state index is 12.1. The van der Waals surface area contributed by atoms with E-state index in [9.17, 15) is 9.59 Å². The van der Waals surface area contributed by atoms with E-state index in [-0.39, 0.29) is 11.2 Å². The highest BCUT2D eigenvalue weighted by molar-refractivity contribution is 5.72. The lowest BCUT2D eigenvalue weighted by Crippen LogP contribution is -2.38. The Morgan fingerprint density at radius 3 is 2.78 bits per heavy atom. The summed E-state index contributed by atoms with van der Waals surface area (Å²) in [6, 6.07) is 0. The Balaban J connectivity index is 2.38. The van der Waals surface area contributed by atoms with Gasteiger partial charge >= 0.3 is 5.69 Å². The average Bonchev–Trinajstić information content (AvgIpc) is 2.85. The molecule has 1 N–H and O–H groups in total. The van der Waals surface area contributed by atoms with Gasteiger partial charge in [-0.1, -0.05) is 26.2 Å². The molecule has 0 spiro atoms. The van der Waals surface area contributed by atoms with E-state index in [1.165, 1.54) is 15.3 Å². The molecule has 0 saturated heterocycles. The van der Waals surface area contributed by atoms with Gasteiger partial charge in [0.2, 0.25) is 0 Å². The van der Waals surface area contributed by atoms with Crippen molar-refractivity contribution in [3.63, 3.8) is 0 Å². The first-order valence-electron chi connectivity index (χ1n) is 6.29. The van der Waals surface area contributed by atoms with Crippen molar-refractivity contribution in [1.29, 1.82) is 0 Å². The Kier molecular flexibility index (Phi) is 3.64. The Morgan fingerprint density at radius 2 is 2.06 bits per heavy atom. The van der Waals surface area contributed by atoms with E-state index >= 15 is 0 Å². The van der Waals surface area contributed by atoms with Crippen LogP contribution in [-0.4, -0.2) is 19.3 Å². The number of nitrogens with zero attached hydrogens (tertiary/aromatic N) is 3. The molecule has 6 nitrogen and oxygen atoms in total. The van der Waals surface area contributed by atoms with E-state index in [1.807, 2.05) is 0 Å². The van der Waals surface area contributed by atoms with Crippen LogP contribution in [0, 0.1) is 0 Å². The van der Waals surface area contributed by atoms with Crippen LogP contribution in [0.5, 0.6) is 0 Å². The Hall–Kier alpha value is -1.85. The zero-order chi connectivity index (χ0) is 13.1. The fourth-order valence-corrected chi connectivity index (χ4v) is 2.09. The molecular formula is C12H18N4O2. The average molecular weight is 250 g/mol. The second-order valence-electron chi connectivity index (χ2n) is 4.49. The molecule has 0 fully saturated rings. The summed E-state index contributed by atoms with van der Waals surface area (Å²) in [6.45, 7) is 2.61. The van der Waals surface area contributed by atoms with Crippen LogP contribution in [0.25, 0.3) is 11.0 Å². The van der Waals surface area contributed by atoms with E-state index in [4.69, 9.17) is 0 Å². The van der Waals surface area contributed by atoms with Crippen molar-refractivity contribution in [2.45, 2.75) is 39.2 Å². The number of rotatable bonds is 5. The van der Waals surface area contributed by atoms with Gasteiger partial charge in [-0.3, -0.25) is 19.0 Å². The second-order valence-corrected chi connectivity index (χ2v) is 4.49. The highest BCUT2D eigenvalue weighted by Gasteiger charge is 2.11. The summed E-state index contributed by atoms with van der Waals surface area (Å²) >= 11 is 0. The zero-order valence-corrected chi connectivity index (χ0v) is 10.8. The van der Waals surface area contributed by atoms with Crippen LogP contribution < -0.4 is 11.2 Å². The third kappa shape index (κ3) is 2.10. The topological polar surface area (TPSA) is 72.7 Å². The first kappa shape index (κ1) is 12.6. The van der Waals surface area contributed by atoms with Gasteiger partial charge in [-0.05, 0) is 6.42 Å². The zero-order valence-electron chi connectivity index (χ0n) is 10.8. The van der Waals surface area contributed by atoms with Crippen molar-refractivity contribution in [1.82, 2.24) is 19.3 Å². The number of fused-ring (bicyclic) bond motifs is 1. The molecule has 0 amide bonds. The highest BCUT2D eigenvalue weighted by Crippen LogP contribution is 2.03. The molecule has 2 aromatic heterocycles. The van der Waals surface area contributed by atoms with Crippen LogP contribution in [0.2, 0.25) is 0 Å². The maximum Gasteiger partial charge on any atom is 0.332 e. The van der Waals surface area contributed by atoms with Gasteiger partial charge in [0, 0.05) is 13.6 Å². The molecule has 0 saturated carbocycles. The summed E-state index contributed by atoms with van der Waals surface area (Å²) in [5.41, 5.74) is -0.0543. The number of hydrogen-bond donors (Lipinski definition) is 1. The highest BCUT2D eigenvalue weighted by atomic mass is 16.2. The van der Waals surface area contributed by atoms with Gasteiger partial charge in [0.05, 0.1) is 6.20 Å². The molecule has 98 valence electrons. The van der Waals surface area contributed by atoms with Gasteiger partial charge in [0.25, 0.3) is 5.56 Å². The van der Waals surface area contributed by atoms with Crippen molar-refractivity contribution < 1.29 is 0 Å². The van der Waals surface area contributed by atoms with Crippen molar-refractivity contribution in [3.05, 3.63) is 27.0 Å². The molecule has 2 rings (SSSR count). The van der Waals surface area contributed by atoms with E-state index in [1.54, 1.807) is 7.05 Å². The third-order valence-electron chi connectivity index (χ3n) is 3.18. The second kappa shape index (κ2) is 5.20. The molecule has 6 heteroatoms. The molecule has 2 heterocycles. The van der Waals surface area contributed by atoms with Crippen LogP contribution >= 0.6 is 0 Å². The van der Waals surface area contributed by atoms with Crippen LogP contribution in [0.3, 0.4) is 0 Å². The van der Waals surface area contributed by atoms with Gasteiger partial charge in [-0.15, -0.1) is 0 Å². The number of nitrogens with one attached hydrogen (secondary N) is 1. The Labute approximate surface area is 104 Å². The van der Waals surface area contributed by atoms with Crippen LogP contribution in [0.15, 0.2) is 15.8 Å². The lowest BCUT2D eigenvalue weighted by Gasteiger charge is -2.07. The lowest BCUT2D eigenvalue weighted by molar-refractivity contribution is 0.540. The van der Waals surface area contributed by atoms with Crippen molar-refractivity contribution in [3.8, 4) is 0 Å². The van der Waals surface area contributed by atoms with Crippen molar-refractivity contribution >= 4 is 11.0 Å². The minimum absolute atomic E-state index is 0.252. The summed E-state index contributed by atoms with van der Waals surface area (Å²) in [5, 5.41) is 6.95. The predicted octanol–water partition coefficient (Wildman–Crippen LogP) is 1.00. The largest absolute Gasteiger partial charge is 0.332 e. The number of hydrogen-bond acceptors (Lipinski definition) is 3. The van der Waals surface area contributed by atoms with Gasteiger partial charge < -0.3 is 0 Å². The summed E-state index contributed by atoms with van der Waals surface area (Å²) in [6.07, 6.45) is 5.62. The van der Waals surface area contributed by atoms with E-state index in [0.717, 1.165) is 25.7 Å². The number of H-pyrrole nitrogens is 1. The molecule has 0 unspecified atom stereocenters. The standard InChI is InChI=1S/C12H18N4O2/c1-3-4-5-6-7-16-11(17)9-8-13-14-10(9)15(2)12(16)18/h8H,3-7H2,1-2H3,(H,13,14). The fraction of sp³-hybridized carbons (Fsp3) is 0.583. The molecule has 0 aliphatic carbocycles. The molecule has 0 bridgehead atoms. The van der Waals surface area contributed by atoms with Crippen LogP contribution in [0.4, 0.5) is 0 Å². The first-order chi connectivity index (χ1) is 8.66. The molecule has 2 aromatic rings. The molecule has 0 radical (unpaired) electrons. The SMILES string of the molecule is CCCCCCn1c(=O)c2cn[nH]c2n(C)c1=O. The lowest BCUT2D eigenvalue weighted by atomic mass is 10.2. The molecular weight excluding hydrogens is 232 g/mol. The summed E-state index contributed by atoms with van der Waals surface area (Å²) in [4.78, 5) is 24.2. The number of aryl methyl sites for hydroxylation is 1. The maximum absolute atomic E-state index is 12.1. The minimum atomic E-state index is -0.284. The molecule has 0 aromatic carbocycles. The Bertz CT molecular complexity index is 650. The molecule has 0 atom stereocenters. The van der Waals surface area contributed by atoms with E-state index in [2.05, 4.69) is 17.1 Å². The molecule has 18 heavy (non-hydrogen) atoms. The van der Waals surface area contributed by atoms with Crippen LogP contribution in [-0.2, 0) is 13.6 Å². The smallest absolute Gasteiger partial charge is 0.281 e. The number of aromatic nitrogens is 4. The van der Waals surface area contributed by atoms with Gasteiger partial charge in [0.1, 0.15) is 11.0 Å². The third-order valence-corrected chi connectivity index (χ3v) is 3.18. The van der Waals surface area contributed by atoms with Gasteiger partial charge in [-0.25, -0.2) is 4.79 Å². The number of unbranched alkanes of at least 4 members (excludes halogenated alkanes) is 3. The summed E-state index contributed by atoms with van der Waals surface area (Å²) in [7, 11) is 1.64. The summed E-state index contributed by atoms with van der Waals surface area (Å²) < 4.78 is 2.73. The fourth-order valence-electron chi connectivity index (χ4n) is 2.09. The van der Waals surface area contributed by atoms with Crippen molar-refractivity contribution in [2.24, 2.45) is 7.05 Å².